The van der Waals surface area contributed by atoms with E-state index in [1.807, 2.05) is 6.26 Å². The van der Waals surface area contributed by atoms with E-state index < -0.39 is 6.10 Å². The Morgan fingerprint density at radius 2 is 1.85 bits per heavy atom. The lowest BCUT2D eigenvalue weighted by Gasteiger charge is -2.26. The van der Waals surface area contributed by atoms with Gasteiger partial charge in [-0.2, -0.15) is 11.8 Å². The first kappa shape index (κ1) is 23.0. The summed E-state index contributed by atoms with van der Waals surface area (Å²) >= 11 is 1.49. The van der Waals surface area contributed by atoms with Crippen molar-refractivity contribution in [2.24, 2.45) is 5.92 Å². The van der Waals surface area contributed by atoms with Crippen molar-refractivity contribution in [3.8, 4) is 0 Å². The summed E-state index contributed by atoms with van der Waals surface area (Å²) in [7, 11) is 0. The van der Waals surface area contributed by atoms with E-state index in [2.05, 4.69) is 55.3 Å². The number of aliphatic hydroxyl groups excluding tert-OH is 1. The summed E-state index contributed by atoms with van der Waals surface area (Å²) in [5.41, 5.74) is 2.70. The van der Waals surface area contributed by atoms with Crippen molar-refractivity contribution in [1.82, 2.24) is 10.2 Å². The highest BCUT2D eigenvalue weighted by molar-refractivity contribution is 7.99. The highest BCUT2D eigenvalue weighted by Crippen LogP contribution is 2.09. The van der Waals surface area contributed by atoms with Gasteiger partial charge in [0.05, 0.1) is 11.9 Å². The van der Waals surface area contributed by atoms with Crippen LogP contribution in [0.15, 0.2) is 24.3 Å². The molecule has 1 aromatic carbocycles. The van der Waals surface area contributed by atoms with Gasteiger partial charge in [-0.05, 0) is 49.1 Å². The Morgan fingerprint density at radius 3 is 2.42 bits per heavy atom. The number of aryl methyl sites for hydroxylation is 1. The molecule has 0 saturated heterocycles. The molecule has 1 unspecified atom stereocenters. The molecule has 4 nitrogen and oxygen atoms in total. The van der Waals surface area contributed by atoms with Crippen molar-refractivity contribution < 1.29 is 9.90 Å². The SMILES string of the molecule is CCc1ccc(CCN(CCC(C)C)CC(O)CNC(=O)CSC)cc1. The predicted octanol–water partition coefficient (Wildman–Crippen LogP) is 2.98. The largest absolute Gasteiger partial charge is 0.390 e. The number of amides is 1. The molecule has 0 heterocycles. The predicted molar refractivity (Wildman–Crippen MR) is 113 cm³/mol. The molecule has 26 heavy (non-hydrogen) atoms. The van der Waals surface area contributed by atoms with Gasteiger partial charge >= 0.3 is 0 Å². The minimum atomic E-state index is -0.532. The smallest absolute Gasteiger partial charge is 0.230 e. The van der Waals surface area contributed by atoms with Crippen molar-refractivity contribution in [1.29, 1.82) is 0 Å². The lowest BCUT2D eigenvalue weighted by atomic mass is 10.1. The van der Waals surface area contributed by atoms with Crippen LogP contribution in [0.1, 0.15) is 38.3 Å². The van der Waals surface area contributed by atoms with E-state index in [0.717, 1.165) is 32.4 Å². The van der Waals surface area contributed by atoms with Crippen molar-refractivity contribution in [2.45, 2.75) is 46.1 Å². The summed E-state index contributed by atoms with van der Waals surface area (Å²) in [5.74, 6) is 1.07. The standard InChI is InChI=1S/C21H36N2O2S/c1-5-18-6-8-19(9-7-18)11-13-23(12-10-17(2)3)15-20(24)14-22-21(25)16-26-4/h6-9,17,20,24H,5,10-16H2,1-4H3,(H,22,25). The Morgan fingerprint density at radius 1 is 1.19 bits per heavy atom. The van der Waals surface area contributed by atoms with E-state index in [9.17, 15) is 9.90 Å². The van der Waals surface area contributed by atoms with E-state index in [1.54, 1.807) is 0 Å². The number of nitrogens with one attached hydrogen (secondary N) is 1. The lowest BCUT2D eigenvalue weighted by Crippen LogP contribution is -2.41. The van der Waals surface area contributed by atoms with E-state index in [0.29, 0.717) is 24.8 Å². The summed E-state index contributed by atoms with van der Waals surface area (Å²) in [4.78, 5) is 13.9. The second kappa shape index (κ2) is 13.2. The summed E-state index contributed by atoms with van der Waals surface area (Å²) in [6.45, 7) is 9.43. The summed E-state index contributed by atoms with van der Waals surface area (Å²) < 4.78 is 0. The van der Waals surface area contributed by atoms with Gasteiger partial charge in [0.1, 0.15) is 0 Å². The Hall–Kier alpha value is -1.04. The van der Waals surface area contributed by atoms with Crippen LogP contribution in [0.3, 0.4) is 0 Å². The number of nitrogens with zero attached hydrogens (tertiary/aromatic N) is 1. The molecule has 0 bridgehead atoms. The molecular formula is C21H36N2O2S. The molecule has 0 fully saturated rings. The number of rotatable bonds is 13. The number of thioether (sulfide) groups is 1. The fraction of sp³-hybridized carbons (Fsp3) is 0.667. The minimum Gasteiger partial charge on any atom is -0.390 e. The van der Waals surface area contributed by atoms with Gasteiger partial charge in [0.15, 0.2) is 0 Å². The first-order chi connectivity index (χ1) is 12.4. The van der Waals surface area contributed by atoms with Crippen molar-refractivity contribution in [2.75, 3.05) is 38.2 Å². The van der Waals surface area contributed by atoms with Crippen LogP contribution in [0, 0.1) is 5.92 Å². The fourth-order valence-corrected chi connectivity index (χ4v) is 3.10. The number of carbonyl (C=O) groups excluding carboxylic acids is 1. The molecule has 0 spiro atoms. The van der Waals surface area contributed by atoms with Crippen LogP contribution in [-0.2, 0) is 17.6 Å². The summed E-state index contributed by atoms with van der Waals surface area (Å²) in [6.07, 6.45) is 4.52. The molecule has 0 aromatic heterocycles. The Bertz CT molecular complexity index is 505. The lowest BCUT2D eigenvalue weighted by molar-refractivity contribution is -0.119. The van der Waals surface area contributed by atoms with Crippen molar-refractivity contribution in [3.05, 3.63) is 35.4 Å². The Labute approximate surface area is 163 Å². The highest BCUT2D eigenvalue weighted by Gasteiger charge is 2.13. The third-order valence-electron chi connectivity index (χ3n) is 4.45. The molecule has 1 rings (SSSR count). The van der Waals surface area contributed by atoms with E-state index >= 15 is 0 Å². The van der Waals surface area contributed by atoms with Crippen molar-refractivity contribution in [3.63, 3.8) is 0 Å². The zero-order valence-electron chi connectivity index (χ0n) is 16.8. The third kappa shape index (κ3) is 10.2. The minimum absolute atomic E-state index is 0.0127. The second-order valence-electron chi connectivity index (χ2n) is 7.29. The summed E-state index contributed by atoms with van der Waals surface area (Å²) in [6, 6.07) is 8.81. The number of benzene rings is 1. The molecular weight excluding hydrogens is 344 g/mol. The molecule has 2 N–H and O–H groups in total. The zero-order valence-corrected chi connectivity index (χ0v) is 17.6. The van der Waals surface area contributed by atoms with E-state index in [4.69, 9.17) is 0 Å². The maximum atomic E-state index is 11.6. The maximum absolute atomic E-state index is 11.6. The number of aliphatic hydroxyl groups is 1. The Balaban J connectivity index is 2.49. The Kier molecular flexibility index (Phi) is 11.7. The van der Waals surface area contributed by atoms with Gasteiger partial charge in [0.2, 0.25) is 5.91 Å². The van der Waals surface area contributed by atoms with E-state index in [1.165, 1.54) is 22.9 Å². The zero-order chi connectivity index (χ0) is 19.4. The third-order valence-corrected chi connectivity index (χ3v) is 5.00. The van der Waals surface area contributed by atoms with Crippen LogP contribution in [0.5, 0.6) is 0 Å². The average molecular weight is 381 g/mol. The molecule has 1 amide bonds. The van der Waals surface area contributed by atoms with Crippen LogP contribution in [-0.4, -0.2) is 60.2 Å². The maximum Gasteiger partial charge on any atom is 0.230 e. The number of carbonyl (C=O) groups is 1. The number of hydrogen-bond donors (Lipinski definition) is 2. The average Bonchev–Trinajstić information content (AvgIpc) is 2.62. The van der Waals surface area contributed by atoms with Gasteiger partial charge in [-0.1, -0.05) is 45.0 Å². The molecule has 0 aliphatic heterocycles. The number of hydrogen-bond acceptors (Lipinski definition) is 4. The molecule has 0 radical (unpaired) electrons. The second-order valence-corrected chi connectivity index (χ2v) is 8.16. The van der Waals surface area contributed by atoms with Crippen molar-refractivity contribution >= 4 is 17.7 Å². The van der Waals surface area contributed by atoms with E-state index in [-0.39, 0.29) is 5.91 Å². The van der Waals surface area contributed by atoms with Crippen LogP contribution in [0.25, 0.3) is 0 Å². The molecule has 148 valence electrons. The van der Waals surface area contributed by atoms with Gasteiger partial charge in [-0.3, -0.25) is 4.79 Å². The molecule has 1 aromatic rings. The van der Waals surface area contributed by atoms with Gasteiger partial charge in [0.25, 0.3) is 0 Å². The topological polar surface area (TPSA) is 52.6 Å². The molecule has 0 aliphatic carbocycles. The van der Waals surface area contributed by atoms with Gasteiger partial charge in [-0.15, -0.1) is 0 Å². The molecule has 5 heteroatoms. The van der Waals surface area contributed by atoms with Crippen LogP contribution in [0.2, 0.25) is 0 Å². The molecule has 0 saturated carbocycles. The molecule has 1 atom stereocenters. The fourth-order valence-electron chi connectivity index (χ4n) is 2.74. The van der Waals surface area contributed by atoms with Crippen LogP contribution >= 0.6 is 11.8 Å². The molecule has 0 aliphatic rings. The first-order valence-electron chi connectivity index (χ1n) is 9.68. The van der Waals surface area contributed by atoms with Crippen LogP contribution < -0.4 is 5.32 Å². The van der Waals surface area contributed by atoms with Gasteiger partial charge in [0, 0.05) is 19.6 Å². The summed E-state index contributed by atoms with van der Waals surface area (Å²) in [5, 5.41) is 13.1. The normalized spacial score (nSPS) is 12.6. The first-order valence-corrected chi connectivity index (χ1v) is 11.1. The van der Waals surface area contributed by atoms with Crippen LogP contribution in [0.4, 0.5) is 0 Å². The monoisotopic (exact) mass is 380 g/mol. The van der Waals surface area contributed by atoms with Gasteiger partial charge < -0.3 is 15.3 Å². The van der Waals surface area contributed by atoms with Gasteiger partial charge in [-0.25, -0.2) is 0 Å². The quantitative estimate of drug-likeness (QED) is 0.552. The highest BCUT2D eigenvalue weighted by atomic mass is 32.2.